The molecule has 0 bridgehead atoms. The van der Waals surface area contributed by atoms with E-state index in [0.29, 0.717) is 9.97 Å². The normalized spacial score (nSPS) is 12.7. The average Bonchev–Trinajstić information content (AvgIpc) is 2.93. The Kier molecular flexibility index (Phi) is 4.03. The molecule has 0 saturated carbocycles. The molecule has 2 aromatic heterocycles. The minimum absolute atomic E-state index is 0.142. The molecule has 0 saturated heterocycles. The van der Waals surface area contributed by atoms with E-state index in [1.54, 1.807) is 6.92 Å². The number of halogens is 3. The number of hydrogen-bond donors (Lipinski definition) is 1. The third-order valence-electron chi connectivity index (χ3n) is 3.56. The van der Waals surface area contributed by atoms with Crippen molar-refractivity contribution in [3.8, 4) is 0 Å². The van der Waals surface area contributed by atoms with Gasteiger partial charge < -0.3 is 0 Å². The second-order valence-corrected chi connectivity index (χ2v) is 8.16. The van der Waals surface area contributed by atoms with Gasteiger partial charge in [0.15, 0.2) is 0 Å². The number of fused-ring (bicyclic) bond motifs is 1. The first-order valence-corrected chi connectivity index (χ1v) is 9.33. The van der Waals surface area contributed by atoms with Crippen molar-refractivity contribution >= 4 is 32.0 Å². The van der Waals surface area contributed by atoms with Gasteiger partial charge in [-0.1, -0.05) is 17.4 Å². The van der Waals surface area contributed by atoms with Gasteiger partial charge in [0, 0.05) is 0 Å². The Balaban J connectivity index is 2.09. The maximum absolute atomic E-state index is 13.0. The molecule has 0 atom stereocenters. The fourth-order valence-electron chi connectivity index (χ4n) is 2.48. The first-order valence-electron chi connectivity index (χ1n) is 7.03. The monoisotopic (exact) mass is 390 g/mol. The largest absolute Gasteiger partial charge is 0.416 e. The zero-order valence-corrected chi connectivity index (χ0v) is 15.0. The standard InChI is InChI=1S/C14H13F3N4O2S2/c1-7-10(14(15,16)17)5-4-6-11(7)20-25(22,23)12-8(2)18-13-21(12)19-9(3)24-13/h4-6,20H,1-3H3. The number of rotatable bonds is 3. The predicted molar refractivity (Wildman–Crippen MR) is 87.3 cm³/mol. The van der Waals surface area contributed by atoms with Crippen LogP contribution in [0.15, 0.2) is 23.2 Å². The molecule has 11 heteroatoms. The number of imidazole rings is 1. The molecule has 0 aliphatic carbocycles. The van der Waals surface area contributed by atoms with Crippen molar-refractivity contribution in [3.63, 3.8) is 0 Å². The highest BCUT2D eigenvalue weighted by Gasteiger charge is 2.34. The molecule has 25 heavy (non-hydrogen) atoms. The van der Waals surface area contributed by atoms with Gasteiger partial charge in [-0.2, -0.15) is 31.2 Å². The lowest BCUT2D eigenvalue weighted by molar-refractivity contribution is -0.138. The second kappa shape index (κ2) is 5.70. The molecule has 1 aromatic carbocycles. The number of aryl methyl sites for hydroxylation is 2. The quantitative estimate of drug-likeness (QED) is 0.742. The van der Waals surface area contributed by atoms with E-state index in [1.165, 1.54) is 35.8 Å². The Morgan fingerprint density at radius 2 is 1.88 bits per heavy atom. The summed E-state index contributed by atoms with van der Waals surface area (Å²) >= 11 is 1.22. The number of nitrogens with one attached hydrogen (secondary N) is 1. The van der Waals surface area contributed by atoms with E-state index in [-0.39, 0.29) is 22.0 Å². The molecule has 1 N–H and O–H groups in total. The molecular weight excluding hydrogens is 377 g/mol. The lowest BCUT2D eigenvalue weighted by atomic mass is 10.1. The van der Waals surface area contributed by atoms with Gasteiger partial charge in [0.2, 0.25) is 9.99 Å². The summed E-state index contributed by atoms with van der Waals surface area (Å²) in [4.78, 5) is 4.54. The van der Waals surface area contributed by atoms with Crippen molar-refractivity contribution < 1.29 is 21.6 Å². The summed E-state index contributed by atoms with van der Waals surface area (Å²) in [6.07, 6.45) is -4.57. The van der Waals surface area contributed by atoms with E-state index >= 15 is 0 Å². The molecular formula is C14H13F3N4O2S2. The van der Waals surface area contributed by atoms with E-state index in [1.807, 2.05) is 0 Å². The third-order valence-corrected chi connectivity index (χ3v) is 5.85. The van der Waals surface area contributed by atoms with E-state index in [0.717, 1.165) is 12.1 Å². The minimum Gasteiger partial charge on any atom is -0.278 e. The Morgan fingerprint density at radius 1 is 1.20 bits per heavy atom. The predicted octanol–water partition coefficient (Wildman–Crippen LogP) is 3.54. The third kappa shape index (κ3) is 3.09. The SMILES string of the molecule is Cc1nn2c(S(=O)(=O)Nc3cccc(C(F)(F)F)c3C)c(C)nc2s1. The van der Waals surface area contributed by atoms with Crippen LogP contribution in [0, 0.1) is 20.8 Å². The minimum atomic E-state index is -4.57. The summed E-state index contributed by atoms with van der Waals surface area (Å²) in [7, 11) is -4.17. The van der Waals surface area contributed by atoms with Crippen molar-refractivity contribution in [1.29, 1.82) is 0 Å². The highest BCUT2D eigenvalue weighted by molar-refractivity contribution is 7.92. The van der Waals surface area contributed by atoms with E-state index in [9.17, 15) is 21.6 Å². The Hall–Kier alpha value is -2.14. The van der Waals surface area contributed by atoms with Gasteiger partial charge >= 0.3 is 6.18 Å². The molecule has 0 fully saturated rings. The van der Waals surface area contributed by atoms with Crippen molar-refractivity contribution in [3.05, 3.63) is 40.0 Å². The number of aromatic nitrogens is 3. The summed E-state index contributed by atoms with van der Waals surface area (Å²) in [5.41, 5.74) is -1.02. The van der Waals surface area contributed by atoms with Crippen LogP contribution in [-0.4, -0.2) is 23.0 Å². The highest BCUT2D eigenvalue weighted by atomic mass is 32.2. The molecule has 0 aliphatic rings. The smallest absolute Gasteiger partial charge is 0.278 e. The van der Waals surface area contributed by atoms with Gasteiger partial charge in [-0.05, 0) is 38.5 Å². The number of alkyl halides is 3. The van der Waals surface area contributed by atoms with Crippen LogP contribution in [0.2, 0.25) is 0 Å². The molecule has 0 radical (unpaired) electrons. The Bertz CT molecular complexity index is 1070. The van der Waals surface area contributed by atoms with Gasteiger partial charge in [0.05, 0.1) is 16.9 Å². The first-order chi connectivity index (χ1) is 11.5. The van der Waals surface area contributed by atoms with E-state index in [2.05, 4.69) is 14.8 Å². The fourth-order valence-corrected chi connectivity index (χ4v) is 4.72. The maximum Gasteiger partial charge on any atom is 0.416 e. The van der Waals surface area contributed by atoms with Gasteiger partial charge in [-0.25, -0.2) is 4.98 Å². The van der Waals surface area contributed by atoms with Crippen LogP contribution in [0.1, 0.15) is 21.8 Å². The summed E-state index contributed by atoms with van der Waals surface area (Å²) < 4.78 is 67.9. The summed E-state index contributed by atoms with van der Waals surface area (Å²) in [5, 5.41) is 4.52. The van der Waals surface area contributed by atoms with E-state index in [4.69, 9.17) is 0 Å². The topological polar surface area (TPSA) is 76.4 Å². The molecule has 2 heterocycles. The van der Waals surface area contributed by atoms with Crippen molar-refractivity contribution in [2.75, 3.05) is 4.72 Å². The van der Waals surface area contributed by atoms with Crippen molar-refractivity contribution in [2.45, 2.75) is 32.0 Å². The maximum atomic E-state index is 13.0. The number of nitrogens with zero attached hydrogens (tertiary/aromatic N) is 3. The lowest BCUT2D eigenvalue weighted by Crippen LogP contribution is -2.18. The lowest BCUT2D eigenvalue weighted by Gasteiger charge is -2.15. The average molecular weight is 390 g/mol. The van der Waals surface area contributed by atoms with Crippen LogP contribution in [0.5, 0.6) is 0 Å². The molecule has 0 amide bonds. The van der Waals surface area contributed by atoms with Crippen LogP contribution >= 0.6 is 11.3 Å². The van der Waals surface area contributed by atoms with Gasteiger partial charge in [0.25, 0.3) is 10.0 Å². The van der Waals surface area contributed by atoms with E-state index < -0.39 is 21.8 Å². The molecule has 0 unspecified atom stereocenters. The van der Waals surface area contributed by atoms with Crippen LogP contribution in [0.3, 0.4) is 0 Å². The van der Waals surface area contributed by atoms with Crippen LogP contribution < -0.4 is 4.72 Å². The Labute approximate surface area is 145 Å². The van der Waals surface area contributed by atoms with Gasteiger partial charge in [-0.15, -0.1) is 0 Å². The van der Waals surface area contributed by atoms with Crippen molar-refractivity contribution in [1.82, 2.24) is 14.6 Å². The molecule has 0 spiro atoms. The number of anilines is 1. The first kappa shape index (κ1) is 17.7. The second-order valence-electron chi connectivity index (χ2n) is 5.40. The van der Waals surface area contributed by atoms with Crippen LogP contribution in [-0.2, 0) is 16.2 Å². The molecule has 6 nitrogen and oxygen atoms in total. The molecule has 3 aromatic rings. The molecule has 134 valence electrons. The number of hydrogen-bond acceptors (Lipinski definition) is 5. The summed E-state index contributed by atoms with van der Waals surface area (Å²) in [6, 6.07) is 3.33. The summed E-state index contributed by atoms with van der Waals surface area (Å²) in [6.45, 7) is 4.42. The molecule has 0 aliphatic heterocycles. The van der Waals surface area contributed by atoms with Crippen LogP contribution in [0.4, 0.5) is 18.9 Å². The Morgan fingerprint density at radius 3 is 2.52 bits per heavy atom. The number of sulfonamides is 1. The van der Waals surface area contributed by atoms with Crippen molar-refractivity contribution in [2.24, 2.45) is 0 Å². The molecule has 3 rings (SSSR count). The summed E-state index contributed by atoms with van der Waals surface area (Å²) in [5.74, 6) is 0. The van der Waals surface area contributed by atoms with Gasteiger partial charge in [-0.3, -0.25) is 4.72 Å². The zero-order valence-electron chi connectivity index (χ0n) is 13.3. The van der Waals surface area contributed by atoms with Crippen LogP contribution in [0.25, 0.3) is 4.96 Å². The number of benzene rings is 1. The highest BCUT2D eigenvalue weighted by Crippen LogP contribution is 2.35. The van der Waals surface area contributed by atoms with Gasteiger partial charge in [0.1, 0.15) is 5.01 Å². The zero-order chi connectivity index (χ0) is 18.6. The fraction of sp³-hybridized carbons (Fsp3) is 0.286.